The van der Waals surface area contributed by atoms with Gasteiger partial charge in [0, 0.05) is 0 Å². The van der Waals surface area contributed by atoms with Crippen LogP contribution in [-0.4, -0.2) is 16.6 Å². The molecule has 2 aromatic rings. The molecule has 0 bridgehead atoms. The highest BCUT2D eigenvalue weighted by atomic mass is 16.5. The summed E-state index contributed by atoms with van der Waals surface area (Å²) in [6, 6.07) is 5.00. The molecule has 6 nitrogen and oxygen atoms in total. The third-order valence-electron chi connectivity index (χ3n) is 3.61. The molecule has 1 heterocycles. The number of fused-ring (bicyclic) bond motifs is 1. The fourth-order valence-electron chi connectivity index (χ4n) is 2.65. The number of hydrogen-bond donors (Lipinski definition) is 1. The van der Waals surface area contributed by atoms with Crippen LogP contribution in [0.4, 0.5) is 5.69 Å². The minimum absolute atomic E-state index is 0.0197. The Kier molecular flexibility index (Phi) is 3.22. The van der Waals surface area contributed by atoms with Gasteiger partial charge < -0.3 is 14.9 Å². The number of esters is 1. The normalized spacial score (nSPS) is 15.8. The first-order valence-electron chi connectivity index (χ1n) is 6.72. The van der Waals surface area contributed by atoms with Gasteiger partial charge in [-0.2, -0.15) is 0 Å². The lowest BCUT2D eigenvalue weighted by atomic mass is 10.3. The number of benzene rings is 1. The Bertz CT molecular complexity index is 695. The minimum Gasteiger partial charge on any atom is -0.461 e. The van der Waals surface area contributed by atoms with E-state index in [4.69, 9.17) is 14.9 Å². The van der Waals surface area contributed by atoms with Crippen molar-refractivity contribution < 1.29 is 13.9 Å². The molecule has 1 aromatic carbocycles. The van der Waals surface area contributed by atoms with Crippen LogP contribution in [0, 0.1) is 0 Å². The molecule has 0 aliphatic heterocycles. The fourth-order valence-corrected chi connectivity index (χ4v) is 2.65. The number of oxazole rings is 1. The van der Waals surface area contributed by atoms with Crippen LogP contribution >= 0.6 is 0 Å². The number of hydrogen-bond acceptors (Lipinski definition) is 5. The molecule has 20 heavy (non-hydrogen) atoms. The van der Waals surface area contributed by atoms with Crippen molar-refractivity contribution in [3.05, 3.63) is 28.7 Å². The number of ether oxygens (including phenoxy) is 1. The van der Waals surface area contributed by atoms with Crippen molar-refractivity contribution in [1.29, 1.82) is 0 Å². The van der Waals surface area contributed by atoms with E-state index >= 15 is 0 Å². The topological polar surface area (TPSA) is 87.5 Å². The van der Waals surface area contributed by atoms with E-state index in [9.17, 15) is 9.59 Å². The molecule has 0 amide bonds. The van der Waals surface area contributed by atoms with Gasteiger partial charge in [0.25, 0.3) is 0 Å². The number of nitrogen functional groups attached to an aromatic ring is 1. The zero-order valence-corrected chi connectivity index (χ0v) is 11.0. The van der Waals surface area contributed by atoms with E-state index in [-0.39, 0.29) is 12.6 Å². The third-order valence-corrected chi connectivity index (χ3v) is 3.61. The third kappa shape index (κ3) is 2.29. The van der Waals surface area contributed by atoms with E-state index in [1.54, 1.807) is 18.2 Å². The maximum absolute atomic E-state index is 11.9. The molecule has 0 unspecified atom stereocenters. The number of nitrogens with zero attached hydrogens (tertiary/aromatic N) is 1. The van der Waals surface area contributed by atoms with Crippen LogP contribution < -0.4 is 11.5 Å². The molecule has 0 spiro atoms. The van der Waals surface area contributed by atoms with Crippen LogP contribution in [0.3, 0.4) is 0 Å². The van der Waals surface area contributed by atoms with Gasteiger partial charge in [0.2, 0.25) is 0 Å². The second-order valence-electron chi connectivity index (χ2n) is 5.04. The van der Waals surface area contributed by atoms with Gasteiger partial charge in [0.1, 0.15) is 18.2 Å². The summed E-state index contributed by atoms with van der Waals surface area (Å²) < 4.78 is 11.6. The monoisotopic (exact) mass is 276 g/mol. The highest BCUT2D eigenvalue weighted by molar-refractivity contribution is 5.86. The van der Waals surface area contributed by atoms with Crippen molar-refractivity contribution in [2.75, 3.05) is 5.73 Å². The number of rotatable bonds is 3. The first kappa shape index (κ1) is 12.8. The molecule has 1 aliphatic carbocycles. The standard InChI is InChI=1S/C14H16N2O4/c15-10-6-3-7-11-13(10)16(14(18)20-11)8-12(17)19-9-4-1-2-5-9/h3,6-7,9H,1-2,4-5,8,15H2. The molecule has 0 radical (unpaired) electrons. The van der Waals surface area contributed by atoms with E-state index < -0.39 is 11.7 Å². The Balaban J connectivity index is 1.85. The SMILES string of the molecule is Nc1cccc2oc(=O)n(CC(=O)OC3CCCC3)c12. The van der Waals surface area contributed by atoms with E-state index in [0.717, 1.165) is 25.7 Å². The van der Waals surface area contributed by atoms with Crippen LogP contribution in [0.25, 0.3) is 11.1 Å². The van der Waals surface area contributed by atoms with Crippen molar-refractivity contribution in [3.8, 4) is 0 Å². The van der Waals surface area contributed by atoms with Crippen LogP contribution in [-0.2, 0) is 16.1 Å². The van der Waals surface area contributed by atoms with E-state index in [0.29, 0.717) is 16.8 Å². The number of para-hydroxylation sites is 1. The van der Waals surface area contributed by atoms with Gasteiger partial charge in [-0.15, -0.1) is 0 Å². The van der Waals surface area contributed by atoms with Gasteiger partial charge in [-0.3, -0.25) is 9.36 Å². The molecule has 1 saturated carbocycles. The minimum atomic E-state index is -0.596. The Labute approximate surface area is 115 Å². The van der Waals surface area contributed by atoms with Crippen molar-refractivity contribution in [2.24, 2.45) is 0 Å². The predicted molar refractivity (Wildman–Crippen MR) is 73.2 cm³/mol. The highest BCUT2D eigenvalue weighted by Gasteiger charge is 2.21. The second kappa shape index (κ2) is 5.03. The van der Waals surface area contributed by atoms with Crippen molar-refractivity contribution in [2.45, 2.75) is 38.3 Å². The maximum Gasteiger partial charge on any atom is 0.420 e. The molecule has 0 saturated heterocycles. The fraction of sp³-hybridized carbons (Fsp3) is 0.429. The van der Waals surface area contributed by atoms with E-state index in [1.807, 2.05) is 0 Å². The zero-order chi connectivity index (χ0) is 14.1. The quantitative estimate of drug-likeness (QED) is 0.680. The lowest BCUT2D eigenvalue weighted by Crippen LogP contribution is -2.24. The Morgan fingerprint density at radius 3 is 2.90 bits per heavy atom. The average molecular weight is 276 g/mol. The molecule has 106 valence electrons. The average Bonchev–Trinajstić information content (AvgIpc) is 2.99. The molecule has 3 rings (SSSR count). The van der Waals surface area contributed by atoms with Crippen LogP contribution in [0.1, 0.15) is 25.7 Å². The summed E-state index contributed by atoms with van der Waals surface area (Å²) in [4.78, 5) is 23.7. The summed E-state index contributed by atoms with van der Waals surface area (Å²) in [5.74, 6) is -1.02. The predicted octanol–water partition coefficient (Wildman–Crippen LogP) is 1.66. The number of carbonyl (C=O) groups excluding carboxylic acids is 1. The van der Waals surface area contributed by atoms with Crippen LogP contribution in [0.2, 0.25) is 0 Å². The van der Waals surface area contributed by atoms with Crippen LogP contribution in [0.15, 0.2) is 27.4 Å². The zero-order valence-electron chi connectivity index (χ0n) is 11.0. The van der Waals surface area contributed by atoms with E-state index in [1.165, 1.54) is 4.57 Å². The molecule has 0 atom stereocenters. The van der Waals surface area contributed by atoms with Crippen molar-refractivity contribution in [3.63, 3.8) is 0 Å². The summed E-state index contributed by atoms with van der Waals surface area (Å²) in [7, 11) is 0. The lowest BCUT2D eigenvalue weighted by molar-refractivity contribution is -0.149. The van der Waals surface area contributed by atoms with Crippen LogP contribution in [0.5, 0.6) is 0 Å². The number of carbonyl (C=O) groups is 1. The molecule has 1 aromatic heterocycles. The van der Waals surface area contributed by atoms with Gasteiger partial charge >= 0.3 is 11.7 Å². The number of anilines is 1. The number of nitrogens with two attached hydrogens (primary N) is 1. The van der Waals surface area contributed by atoms with E-state index in [2.05, 4.69) is 0 Å². The first-order chi connectivity index (χ1) is 9.65. The molecular weight excluding hydrogens is 260 g/mol. The van der Waals surface area contributed by atoms with Crippen molar-refractivity contribution in [1.82, 2.24) is 4.57 Å². The maximum atomic E-state index is 11.9. The molecular formula is C14H16N2O4. The molecule has 2 N–H and O–H groups in total. The summed E-state index contributed by atoms with van der Waals surface area (Å²) in [5, 5.41) is 0. The summed E-state index contributed by atoms with van der Waals surface area (Å²) in [5.41, 5.74) is 7.07. The largest absolute Gasteiger partial charge is 0.461 e. The summed E-state index contributed by atoms with van der Waals surface area (Å²) >= 11 is 0. The first-order valence-corrected chi connectivity index (χ1v) is 6.72. The Morgan fingerprint density at radius 2 is 2.15 bits per heavy atom. The number of aromatic nitrogens is 1. The summed E-state index contributed by atoms with van der Waals surface area (Å²) in [6.07, 6.45) is 3.94. The van der Waals surface area contributed by atoms with Crippen molar-refractivity contribution >= 4 is 22.8 Å². The molecule has 1 aliphatic rings. The van der Waals surface area contributed by atoms with Gasteiger partial charge in [-0.1, -0.05) is 6.07 Å². The Morgan fingerprint density at radius 1 is 1.40 bits per heavy atom. The second-order valence-corrected chi connectivity index (χ2v) is 5.04. The smallest absolute Gasteiger partial charge is 0.420 e. The van der Waals surface area contributed by atoms with Gasteiger partial charge in [0.15, 0.2) is 5.58 Å². The lowest BCUT2D eigenvalue weighted by Gasteiger charge is -2.11. The van der Waals surface area contributed by atoms with Gasteiger partial charge in [-0.05, 0) is 37.8 Å². The van der Waals surface area contributed by atoms with Gasteiger partial charge in [0.05, 0.1) is 5.69 Å². The summed E-state index contributed by atoms with van der Waals surface area (Å²) in [6.45, 7) is -0.170. The van der Waals surface area contributed by atoms with Gasteiger partial charge in [-0.25, -0.2) is 4.79 Å². The highest BCUT2D eigenvalue weighted by Crippen LogP contribution is 2.22. The molecule has 1 fully saturated rings. The Hall–Kier alpha value is -2.24. The molecule has 6 heteroatoms.